The number of carbonyl (C=O) groups is 2. The maximum Gasteiger partial charge on any atom is 0.335 e. The van der Waals surface area contributed by atoms with Crippen molar-refractivity contribution in [3.8, 4) is 5.75 Å². The number of anilines is 1. The van der Waals surface area contributed by atoms with E-state index in [9.17, 15) is 9.59 Å². The van der Waals surface area contributed by atoms with Crippen molar-refractivity contribution >= 4 is 34.9 Å². The third-order valence-electron chi connectivity index (χ3n) is 4.30. The van der Waals surface area contributed by atoms with Gasteiger partial charge in [0, 0.05) is 11.3 Å². The van der Waals surface area contributed by atoms with E-state index in [4.69, 9.17) is 22.1 Å². The second kappa shape index (κ2) is 9.67. The summed E-state index contributed by atoms with van der Waals surface area (Å²) in [4.78, 5) is 23.7. The number of ether oxygens (including phenoxy) is 1. The summed E-state index contributed by atoms with van der Waals surface area (Å²) >= 11 is 5.21. The van der Waals surface area contributed by atoms with Crippen molar-refractivity contribution in [2.45, 2.75) is 13.5 Å². The Kier molecular flexibility index (Phi) is 6.77. The van der Waals surface area contributed by atoms with Gasteiger partial charge in [0.15, 0.2) is 5.11 Å². The van der Waals surface area contributed by atoms with Gasteiger partial charge in [0.05, 0.1) is 5.56 Å². The van der Waals surface area contributed by atoms with E-state index in [2.05, 4.69) is 10.6 Å². The highest BCUT2D eigenvalue weighted by atomic mass is 32.1. The summed E-state index contributed by atoms with van der Waals surface area (Å²) in [5.41, 5.74) is 2.85. The van der Waals surface area contributed by atoms with Crippen LogP contribution in [0.1, 0.15) is 31.8 Å². The third kappa shape index (κ3) is 5.65. The van der Waals surface area contributed by atoms with Gasteiger partial charge >= 0.3 is 5.97 Å². The van der Waals surface area contributed by atoms with Gasteiger partial charge in [-0.25, -0.2) is 4.79 Å². The van der Waals surface area contributed by atoms with Crippen molar-refractivity contribution in [3.63, 3.8) is 0 Å². The van der Waals surface area contributed by atoms with Crippen molar-refractivity contribution in [2.24, 2.45) is 0 Å². The van der Waals surface area contributed by atoms with Crippen LogP contribution < -0.4 is 15.4 Å². The van der Waals surface area contributed by atoms with Crippen LogP contribution in [0, 0.1) is 6.92 Å². The molecule has 30 heavy (non-hydrogen) atoms. The number of aryl methyl sites for hydroxylation is 1. The number of thiocarbonyl (C=S) groups is 1. The first-order chi connectivity index (χ1) is 14.4. The SMILES string of the molecule is Cc1ccc(C(=O)O)cc1NC(=S)NC(=O)c1cccc(OCc2ccccc2)c1. The van der Waals surface area contributed by atoms with Crippen molar-refractivity contribution in [2.75, 3.05) is 5.32 Å². The molecule has 0 aliphatic carbocycles. The molecule has 0 heterocycles. The molecule has 3 N–H and O–H groups in total. The second-order valence-corrected chi connectivity index (χ2v) is 6.95. The highest BCUT2D eigenvalue weighted by Gasteiger charge is 2.11. The van der Waals surface area contributed by atoms with Crippen LogP contribution in [-0.4, -0.2) is 22.1 Å². The zero-order valence-corrected chi connectivity index (χ0v) is 17.0. The van der Waals surface area contributed by atoms with E-state index < -0.39 is 11.9 Å². The minimum absolute atomic E-state index is 0.0706. The van der Waals surface area contributed by atoms with Crippen molar-refractivity contribution in [1.29, 1.82) is 0 Å². The predicted octanol–water partition coefficient (Wildman–Crippen LogP) is 4.40. The number of rotatable bonds is 6. The number of carboxylic acids is 1. The summed E-state index contributed by atoms with van der Waals surface area (Å²) in [5, 5.41) is 14.7. The van der Waals surface area contributed by atoms with E-state index in [0.29, 0.717) is 23.6 Å². The van der Waals surface area contributed by atoms with Crippen molar-refractivity contribution in [1.82, 2.24) is 5.32 Å². The molecule has 0 radical (unpaired) electrons. The molecule has 0 saturated carbocycles. The number of nitrogens with one attached hydrogen (secondary N) is 2. The molecule has 3 aromatic rings. The van der Waals surface area contributed by atoms with Gasteiger partial charge in [-0.05, 0) is 60.6 Å². The van der Waals surface area contributed by atoms with Crippen LogP contribution in [-0.2, 0) is 6.61 Å². The van der Waals surface area contributed by atoms with Crippen LogP contribution in [0.2, 0.25) is 0 Å². The highest BCUT2D eigenvalue weighted by Crippen LogP contribution is 2.18. The van der Waals surface area contributed by atoms with Crippen LogP contribution in [0.25, 0.3) is 0 Å². The smallest absolute Gasteiger partial charge is 0.335 e. The molecule has 0 fully saturated rings. The molecule has 0 aromatic heterocycles. The standard InChI is InChI=1S/C23H20N2O4S/c1-15-10-11-18(22(27)28)13-20(15)24-23(30)25-21(26)17-8-5-9-19(12-17)29-14-16-6-3-2-4-7-16/h2-13H,14H2,1H3,(H,27,28)(H2,24,25,26,30). The third-order valence-corrected chi connectivity index (χ3v) is 4.51. The lowest BCUT2D eigenvalue weighted by molar-refractivity contribution is 0.0696. The van der Waals surface area contributed by atoms with E-state index in [1.165, 1.54) is 12.1 Å². The largest absolute Gasteiger partial charge is 0.489 e. The predicted molar refractivity (Wildman–Crippen MR) is 119 cm³/mol. The van der Waals surface area contributed by atoms with Gasteiger partial charge in [-0.1, -0.05) is 42.5 Å². The maximum absolute atomic E-state index is 12.5. The molecule has 0 aliphatic rings. The Hall–Kier alpha value is -3.71. The number of amides is 1. The molecule has 0 bridgehead atoms. The number of benzene rings is 3. The number of hydrogen-bond donors (Lipinski definition) is 3. The summed E-state index contributed by atoms with van der Waals surface area (Å²) in [6.45, 7) is 2.21. The van der Waals surface area contributed by atoms with Gasteiger partial charge in [-0.2, -0.15) is 0 Å². The normalized spacial score (nSPS) is 10.2. The summed E-state index contributed by atoms with van der Waals surface area (Å²) in [7, 11) is 0. The Morgan fingerprint density at radius 2 is 1.73 bits per heavy atom. The minimum Gasteiger partial charge on any atom is -0.489 e. The molecule has 6 nitrogen and oxygen atoms in total. The summed E-state index contributed by atoms with van der Waals surface area (Å²) in [5.74, 6) is -0.875. The second-order valence-electron chi connectivity index (χ2n) is 6.55. The van der Waals surface area contributed by atoms with Crippen LogP contribution >= 0.6 is 12.2 Å². The Bertz CT molecular complexity index is 1080. The molecule has 0 atom stereocenters. The first-order valence-corrected chi connectivity index (χ1v) is 9.56. The molecule has 3 rings (SSSR count). The lowest BCUT2D eigenvalue weighted by Gasteiger charge is -2.13. The Labute approximate surface area is 179 Å². The molecule has 7 heteroatoms. The zero-order valence-electron chi connectivity index (χ0n) is 16.2. The highest BCUT2D eigenvalue weighted by molar-refractivity contribution is 7.80. The Balaban J connectivity index is 1.62. The fraction of sp³-hybridized carbons (Fsp3) is 0.0870. The summed E-state index contributed by atoms with van der Waals surface area (Å²) in [6.07, 6.45) is 0. The van der Waals surface area contributed by atoms with E-state index in [1.807, 2.05) is 37.3 Å². The quantitative estimate of drug-likeness (QED) is 0.513. The van der Waals surface area contributed by atoms with E-state index in [1.54, 1.807) is 30.3 Å². The van der Waals surface area contributed by atoms with Gasteiger partial charge in [0.1, 0.15) is 12.4 Å². The molecule has 0 unspecified atom stereocenters. The first-order valence-electron chi connectivity index (χ1n) is 9.15. The van der Waals surface area contributed by atoms with Crippen LogP contribution in [0.3, 0.4) is 0 Å². The topological polar surface area (TPSA) is 87.7 Å². The molecule has 1 amide bonds. The van der Waals surface area contributed by atoms with Gasteiger partial charge in [0.25, 0.3) is 5.91 Å². The zero-order chi connectivity index (χ0) is 21.5. The number of hydrogen-bond acceptors (Lipinski definition) is 4. The number of aromatic carboxylic acids is 1. The summed E-state index contributed by atoms with van der Waals surface area (Å²) in [6, 6.07) is 21.2. The van der Waals surface area contributed by atoms with Crippen LogP contribution in [0.4, 0.5) is 5.69 Å². The Morgan fingerprint density at radius 1 is 0.967 bits per heavy atom. The van der Waals surface area contributed by atoms with Gasteiger partial charge < -0.3 is 15.2 Å². The minimum atomic E-state index is -1.04. The Morgan fingerprint density at radius 3 is 2.47 bits per heavy atom. The van der Waals surface area contributed by atoms with E-state index >= 15 is 0 Å². The molecule has 152 valence electrons. The van der Waals surface area contributed by atoms with Crippen molar-refractivity contribution < 1.29 is 19.4 Å². The maximum atomic E-state index is 12.5. The van der Waals surface area contributed by atoms with Gasteiger partial charge in [-0.3, -0.25) is 10.1 Å². The van der Waals surface area contributed by atoms with E-state index in [-0.39, 0.29) is 10.7 Å². The number of carbonyl (C=O) groups excluding carboxylic acids is 1. The van der Waals surface area contributed by atoms with E-state index in [0.717, 1.165) is 11.1 Å². The summed E-state index contributed by atoms with van der Waals surface area (Å²) < 4.78 is 5.75. The lowest BCUT2D eigenvalue weighted by atomic mass is 10.1. The molecule has 0 aliphatic heterocycles. The van der Waals surface area contributed by atoms with Gasteiger partial charge in [-0.15, -0.1) is 0 Å². The van der Waals surface area contributed by atoms with Crippen LogP contribution in [0.5, 0.6) is 5.75 Å². The fourth-order valence-electron chi connectivity index (χ4n) is 2.69. The lowest BCUT2D eigenvalue weighted by Crippen LogP contribution is -2.34. The number of carboxylic acid groups (broad SMARTS) is 1. The molecule has 0 saturated heterocycles. The first kappa shape index (κ1) is 21.0. The van der Waals surface area contributed by atoms with Crippen LogP contribution in [0.15, 0.2) is 72.8 Å². The fourth-order valence-corrected chi connectivity index (χ4v) is 2.89. The molecular formula is C23H20N2O4S. The monoisotopic (exact) mass is 420 g/mol. The van der Waals surface area contributed by atoms with Crippen molar-refractivity contribution in [3.05, 3.63) is 95.1 Å². The van der Waals surface area contributed by atoms with Gasteiger partial charge in [0.2, 0.25) is 0 Å². The molecule has 3 aromatic carbocycles. The average molecular weight is 420 g/mol. The molecular weight excluding hydrogens is 400 g/mol. The molecule has 0 spiro atoms. The average Bonchev–Trinajstić information content (AvgIpc) is 2.74.